The molecule has 0 unspecified atom stereocenters. The highest BCUT2D eigenvalue weighted by atomic mass is 32.2. The molecular formula is C18H20O3S. The maximum absolute atomic E-state index is 5.74. The van der Waals surface area contributed by atoms with Crippen LogP contribution in [0, 0.1) is 6.92 Å². The Morgan fingerprint density at radius 3 is 2.41 bits per heavy atom. The Balaban J connectivity index is 1.78. The summed E-state index contributed by atoms with van der Waals surface area (Å²) in [4.78, 5) is 1.05. The molecule has 0 saturated carbocycles. The molecule has 116 valence electrons. The van der Waals surface area contributed by atoms with E-state index in [2.05, 4.69) is 12.6 Å². The molecule has 0 bridgehead atoms. The minimum absolute atomic E-state index is 0.499. The van der Waals surface area contributed by atoms with Crippen molar-refractivity contribution in [1.82, 2.24) is 0 Å². The molecule has 0 N–H and O–H groups in total. The molecule has 0 fully saturated rings. The lowest BCUT2D eigenvalue weighted by atomic mass is 10.1. The Labute approximate surface area is 136 Å². The molecule has 0 amide bonds. The molecule has 2 aromatic carbocycles. The highest BCUT2D eigenvalue weighted by molar-refractivity contribution is 7.94. The average Bonchev–Trinajstić information content (AvgIpc) is 2.54. The van der Waals surface area contributed by atoms with Crippen LogP contribution in [0.4, 0.5) is 0 Å². The van der Waals surface area contributed by atoms with Gasteiger partial charge < -0.3 is 13.7 Å². The second-order valence-electron chi connectivity index (χ2n) is 4.65. The summed E-state index contributed by atoms with van der Waals surface area (Å²) in [6.07, 6.45) is 1.82. The maximum atomic E-state index is 5.74. The summed E-state index contributed by atoms with van der Waals surface area (Å²) in [6.45, 7) is 6.78. The fourth-order valence-corrected chi connectivity index (χ4v) is 2.40. The molecule has 0 aliphatic heterocycles. The zero-order valence-electron chi connectivity index (χ0n) is 12.9. The fraction of sp³-hybridized carbons (Fsp3) is 0.222. The highest BCUT2D eigenvalue weighted by Crippen LogP contribution is 2.22. The monoisotopic (exact) mass is 316 g/mol. The van der Waals surface area contributed by atoms with Crippen LogP contribution < -0.4 is 9.47 Å². The Morgan fingerprint density at radius 1 is 1.05 bits per heavy atom. The van der Waals surface area contributed by atoms with Crippen molar-refractivity contribution in [2.24, 2.45) is 0 Å². The summed E-state index contributed by atoms with van der Waals surface area (Å²) in [7, 11) is 1.65. The second kappa shape index (κ2) is 8.51. The van der Waals surface area contributed by atoms with Crippen LogP contribution in [0.5, 0.6) is 11.5 Å². The van der Waals surface area contributed by atoms with Gasteiger partial charge in [0.2, 0.25) is 0 Å². The van der Waals surface area contributed by atoms with E-state index in [9.17, 15) is 0 Å². The van der Waals surface area contributed by atoms with Crippen LogP contribution in [0.15, 0.2) is 53.9 Å². The number of benzene rings is 2. The highest BCUT2D eigenvalue weighted by Gasteiger charge is 2.01. The Hall–Kier alpha value is -1.91. The molecule has 0 aliphatic carbocycles. The molecule has 3 nitrogen and oxygen atoms in total. The van der Waals surface area contributed by atoms with Gasteiger partial charge in [0.15, 0.2) is 0 Å². The van der Waals surface area contributed by atoms with E-state index in [1.54, 1.807) is 7.11 Å². The van der Waals surface area contributed by atoms with Crippen LogP contribution in [-0.4, -0.2) is 20.3 Å². The number of ether oxygens (including phenoxy) is 2. The predicted molar refractivity (Wildman–Crippen MR) is 91.6 cm³/mol. The maximum Gasteiger partial charge on any atom is 0.122 e. The molecule has 0 radical (unpaired) electrons. The zero-order valence-corrected chi connectivity index (χ0v) is 13.7. The molecule has 0 spiro atoms. The van der Waals surface area contributed by atoms with Crippen LogP contribution in [0.2, 0.25) is 0 Å². The third-order valence-corrected chi connectivity index (χ3v) is 3.68. The molecule has 0 atom stereocenters. The van der Waals surface area contributed by atoms with Crippen LogP contribution in [-0.2, 0) is 4.18 Å². The minimum atomic E-state index is 0.499. The molecule has 4 heteroatoms. The second-order valence-corrected chi connectivity index (χ2v) is 5.62. The van der Waals surface area contributed by atoms with E-state index in [1.165, 1.54) is 12.0 Å². The molecular weight excluding hydrogens is 296 g/mol. The first kappa shape index (κ1) is 16.5. The van der Waals surface area contributed by atoms with Gasteiger partial charge in [-0.1, -0.05) is 18.7 Å². The first-order chi connectivity index (χ1) is 10.7. The van der Waals surface area contributed by atoms with Crippen molar-refractivity contribution in [2.75, 3.05) is 20.3 Å². The first-order valence-electron chi connectivity index (χ1n) is 7.02. The van der Waals surface area contributed by atoms with Gasteiger partial charge in [-0.3, -0.25) is 0 Å². The Kier molecular flexibility index (Phi) is 6.37. The van der Waals surface area contributed by atoms with Crippen molar-refractivity contribution in [3.63, 3.8) is 0 Å². The number of rotatable bonds is 8. The molecule has 0 aliphatic rings. The summed E-state index contributed by atoms with van der Waals surface area (Å²) >= 11 is 1.33. The largest absolute Gasteiger partial charge is 0.490 e. The van der Waals surface area contributed by atoms with E-state index in [0.717, 1.165) is 27.5 Å². The SMILES string of the molecule is C=Cc1ccc(OCCOc2ccc(SOC)cc2)c(C)c1. The van der Waals surface area contributed by atoms with Gasteiger partial charge in [-0.05, 0) is 54.4 Å². The van der Waals surface area contributed by atoms with Gasteiger partial charge in [0.25, 0.3) is 0 Å². The topological polar surface area (TPSA) is 27.7 Å². The van der Waals surface area contributed by atoms with Crippen LogP contribution in [0.1, 0.15) is 11.1 Å². The van der Waals surface area contributed by atoms with Gasteiger partial charge in [0.1, 0.15) is 24.7 Å². The summed E-state index contributed by atoms with van der Waals surface area (Å²) in [6, 6.07) is 13.8. The summed E-state index contributed by atoms with van der Waals surface area (Å²) < 4.78 is 16.4. The third kappa shape index (κ3) is 4.83. The Bertz CT molecular complexity index is 608. The normalized spacial score (nSPS) is 10.3. The molecule has 0 aromatic heterocycles. The molecule has 22 heavy (non-hydrogen) atoms. The molecule has 0 heterocycles. The smallest absolute Gasteiger partial charge is 0.122 e. The first-order valence-corrected chi connectivity index (χ1v) is 7.76. The van der Waals surface area contributed by atoms with Gasteiger partial charge in [0.05, 0.1) is 7.11 Å². The standard InChI is InChI=1S/C18H20O3S/c1-4-15-5-10-18(14(2)13-15)21-12-11-20-16-6-8-17(9-7-16)22-19-3/h4-10,13H,1,11-12H2,2-3H3. The lowest BCUT2D eigenvalue weighted by molar-refractivity contribution is 0.216. The fourth-order valence-electron chi connectivity index (χ4n) is 1.96. The minimum Gasteiger partial charge on any atom is -0.490 e. The molecule has 2 rings (SSSR count). The van der Waals surface area contributed by atoms with E-state index in [-0.39, 0.29) is 0 Å². The summed E-state index contributed by atoms with van der Waals surface area (Å²) in [5.41, 5.74) is 2.19. The van der Waals surface area contributed by atoms with Gasteiger partial charge in [-0.25, -0.2) is 0 Å². The van der Waals surface area contributed by atoms with E-state index in [4.69, 9.17) is 13.7 Å². The lowest BCUT2D eigenvalue weighted by Crippen LogP contribution is -2.09. The van der Waals surface area contributed by atoms with Crippen LogP contribution in [0.3, 0.4) is 0 Å². The number of hydrogen-bond donors (Lipinski definition) is 0. The van der Waals surface area contributed by atoms with Crippen molar-refractivity contribution in [3.8, 4) is 11.5 Å². The van der Waals surface area contributed by atoms with Crippen molar-refractivity contribution in [2.45, 2.75) is 11.8 Å². The number of aryl methyl sites for hydroxylation is 1. The predicted octanol–water partition coefficient (Wildman–Crippen LogP) is 4.75. The summed E-state index contributed by atoms with van der Waals surface area (Å²) in [5.74, 6) is 1.70. The number of hydrogen-bond acceptors (Lipinski definition) is 4. The quantitative estimate of drug-likeness (QED) is 0.519. The lowest BCUT2D eigenvalue weighted by Gasteiger charge is -2.11. The summed E-state index contributed by atoms with van der Waals surface area (Å²) in [5, 5.41) is 0. The molecule has 2 aromatic rings. The van der Waals surface area contributed by atoms with Crippen molar-refractivity contribution >= 4 is 18.1 Å². The van der Waals surface area contributed by atoms with Gasteiger partial charge in [-0.2, -0.15) is 0 Å². The van der Waals surface area contributed by atoms with Crippen molar-refractivity contribution in [3.05, 3.63) is 60.2 Å². The van der Waals surface area contributed by atoms with Crippen molar-refractivity contribution in [1.29, 1.82) is 0 Å². The molecule has 0 saturated heterocycles. The average molecular weight is 316 g/mol. The van der Waals surface area contributed by atoms with Gasteiger partial charge in [0, 0.05) is 16.9 Å². The van der Waals surface area contributed by atoms with Gasteiger partial charge in [-0.15, -0.1) is 0 Å². The third-order valence-electron chi connectivity index (χ3n) is 3.05. The van der Waals surface area contributed by atoms with E-state index < -0.39 is 0 Å². The Morgan fingerprint density at radius 2 is 1.77 bits per heavy atom. The van der Waals surface area contributed by atoms with Crippen molar-refractivity contribution < 1.29 is 13.7 Å². The van der Waals surface area contributed by atoms with E-state index >= 15 is 0 Å². The van der Waals surface area contributed by atoms with Crippen LogP contribution >= 0.6 is 12.0 Å². The van der Waals surface area contributed by atoms with E-state index in [0.29, 0.717) is 13.2 Å². The van der Waals surface area contributed by atoms with E-state index in [1.807, 2.05) is 49.4 Å². The zero-order chi connectivity index (χ0) is 15.8. The van der Waals surface area contributed by atoms with Crippen LogP contribution in [0.25, 0.3) is 6.08 Å². The van der Waals surface area contributed by atoms with Gasteiger partial charge >= 0.3 is 0 Å².